The first-order chi connectivity index (χ1) is 17.7. The molecule has 2 aromatic heterocycles. The topological polar surface area (TPSA) is 107 Å². The van der Waals surface area contributed by atoms with Crippen LogP contribution in [0.1, 0.15) is 49.9 Å². The molecule has 10 heteroatoms. The predicted octanol–water partition coefficient (Wildman–Crippen LogP) is 5.01. The number of hydrogen-bond donors (Lipinski definition) is 1. The van der Waals surface area contributed by atoms with E-state index >= 15 is 0 Å². The van der Waals surface area contributed by atoms with Crippen LogP contribution < -0.4 is 14.2 Å². The molecule has 8 nitrogen and oxygen atoms in total. The average molecular weight is 528 g/mol. The van der Waals surface area contributed by atoms with E-state index in [2.05, 4.69) is 9.97 Å². The number of amides is 1. The molecule has 0 bridgehead atoms. The number of benzene rings is 1. The molecule has 0 unspecified atom stereocenters. The molecule has 2 heterocycles. The third-order valence-corrected chi connectivity index (χ3v) is 7.23. The quantitative estimate of drug-likeness (QED) is 0.374. The fraction of sp³-hybridized carbons (Fsp3) is 0.370. The van der Waals surface area contributed by atoms with Gasteiger partial charge in [-0.05, 0) is 54.7 Å². The highest BCUT2D eigenvalue weighted by Crippen LogP contribution is 2.31. The summed E-state index contributed by atoms with van der Waals surface area (Å²) in [5.41, 5.74) is 0.747. The van der Waals surface area contributed by atoms with E-state index in [1.54, 1.807) is 12.1 Å². The first-order valence-electron chi connectivity index (χ1n) is 12.3. The van der Waals surface area contributed by atoms with Gasteiger partial charge in [-0.3, -0.25) is 4.79 Å². The summed E-state index contributed by atoms with van der Waals surface area (Å²) in [4.78, 5) is 21.3. The van der Waals surface area contributed by atoms with Gasteiger partial charge in [0, 0.05) is 17.8 Å². The number of carbonyl (C=O) groups is 1. The van der Waals surface area contributed by atoms with Crippen LogP contribution in [0.15, 0.2) is 59.8 Å². The second-order valence-corrected chi connectivity index (χ2v) is 11.1. The molecule has 196 valence electrons. The van der Waals surface area contributed by atoms with E-state index in [1.165, 1.54) is 49.0 Å². The maximum Gasteiger partial charge on any atom is 0.281 e. The second kappa shape index (κ2) is 11.7. The van der Waals surface area contributed by atoms with Crippen LogP contribution in [0.4, 0.5) is 4.39 Å². The molecular formula is C27H30FN3O5S. The van der Waals surface area contributed by atoms with Crippen molar-refractivity contribution in [1.82, 2.24) is 14.7 Å². The van der Waals surface area contributed by atoms with E-state index < -0.39 is 21.7 Å². The van der Waals surface area contributed by atoms with Crippen molar-refractivity contribution in [3.05, 3.63) is 66.1 Å². The minimum atomic E-state index is -4.20. The minimum Gasteiger partial charge on any atom is -0.493 e. The second-order valence-electron chi connectivity index (χ2n) is 9.47. The van der Waals surface area contributed by atoms with Gasteiger partial charge < -0.3 is 9.47 Å². The third kappa shape index (κ3) is 7.03. The molecule has 0 spiro atoms. The molecule has 0 aliphatic heterocycles. The van der Waals surface area contributed by atoms with Gasteiger partial charge in [-0.1, -0.05) is 39.2 Å². The Morgan fingerprint density at radius 1 is 1.14 bits per heavy atom. The highest BCUT2D eigenvalue weighted by atomic mass is 32.2. The maximum atomic E-state index is 14.4. The highest BCUT2D eigenvalue weighted by Gasteiger charge is 2.24. The summed E-state index contributed by atoms with van der Waals surface area (Å²) in [7, 11) is -4.20. The molecule has 1 aromatic carbocycles. The zero-order chi connectivity index (χ0) is 26.4. The van der Waals surface area contributed by atoms with Crippen LogP contribution in [0.25, 0.3) is 11.3 Å². The zero-order valence-electron chi connectivity index (χ0n) is 20.8. The van der Waals surface area contributed by atoms with Crippen molar-refractivity contribution < 1.29 is 27.1 Å². The molecule has 0 saturated heterocycles. The van der Waals surface area contributed by atoms with Gasteiger partial charge in [0.1, 0.15) is 17.1 Å². The number of nitrogens with zero attached hydrogens (tertiary/aromatic N) is 2. The van der Waals surface area contributed by atoms with Crippen molar-refractivity contribution in [3.63, 3.8) is 0 Å². The monoisotopic (exact) mass is 527 g/mol. The summed E-state index contributed by atoms with van der Waals surface area (Å²) < 4.78 is 53.2. The van der Waals surface area contributed by atoms with Gasteiger partial charge in [-0.15, -0.1) is 0 Å². The minimum absolute atomic E-state index is 0.0283. The molecule has 0 atom stereocenters. The summed E-state index contributed by atoms with van der Waals surface area (Å²) >= 11 is 0. The Balaban J connectivity index is 1.62. The van der Waals surface area contributed by atoms with E-state index in [9.17, 15) is 17.6 Å². The number of carbonyl (C=O) groups excluding carboxylic acids is 1. The smallest absolute Gasteiger partial charge is 0.281 e. The van der Waals surface area contributed by atoms with Gasteiger partial charge in [0.05, 0.1) is 18.9 Å². The number of ether oxygens (including phenoxy) is 2. The summed E-state index contributed by atoms with van der Waals surface area (Å²) in [6.45, 7) is 4.73. The van der Waals surface area contributed by atoms with Crippen LogP contribution in [0.5, 0.6) is 11.6 Å². The number of aromatic nitrogens is 2. The number of pyridine rings is 2. The standard InChI is InChI=1S/C27H30FN3O5S/c1-18(2)17-36-22-15-20(14-21(28)16-22)24-10-9-23(27(30-24)35-13-11-19-6-5-7-19)26(32)31-37(33,34)25-8-3-4-12-29-25/h3-4,8-10,12,14-16,18-19H,5-7,11,13,17H2,1-2H3,(H,31,32). The van der Waals surface area contributed by atoms with Gasteiger partial charge in [0.25, 0.3) is 15.9 Å². The molecule has 1 saturated carbocycles. The lowest BCUT2D eigenvalue weighted by Gasteiger charge is -2.25. The molecule has 4 rings (SSSR count). The van der Waals surface area contributed by atoms with Gasteiger partial charge in [-0.25, -0.2) is 19.1 Å². The average Bonchev–Trinajstić information content (AvgIpc) is 2.84. The molecule has 37 heavy (non-hydrogen) atoms. The predicted molar refractivity (Wildman–Crippen MR) is 136 cm³/mol. The number of sulfonamides is 1. The van der Waals surface area contributed by atoms with Crippen molar-refractivity contribution >= 4 is 15.9 Å². The van der Waals surface area contributed by atoms with Crippen molar-refractivity contribution in [1.29, 1.82) is 0 Å². The van der Waals surface area contributed by atoms with Crippen molar-refractivity contribution in [3.8, 4) is 22.9 Å². The van der Waals surface area contributed by atoms with E-state index in [4.69, 9.17) is 9.47 Å². The molecule has 1 aliphatic carbocycles. The van der Waals surface area contributed by atoms with Crippen LogP contribution in [0.3, 0.4) is 0 Å². The SMILES string of the molecule is CC(C)COc1cc(F)cc(-c2ccc(C(=O)NS(=O)(=O)c3ccccn3)c(OCCC3CCC3)n2)c1. The van der Waals surface area contributed by atoms with Crippen LogP contribution >= 0.6 is 0 Å². The molecule has 3 aromatic rings. The van der Waals surface area contributed by atoms with Crippen LogP contribution in [-0.2, 0) is 10.0 Å². The van der Waals surface area contributed by atoms with Crippen LogP contribution in [-0.4, -0.2) is 37.5 Å². The van der Waals surface area contributed by atoms with Gasteiger partial charge in [-0.2, -0.15) is 8.42 Å². The number of rotatable bonds is 11. The summed E-state index contributed by atoms with van der Waals surface area (Å²) in [5, 5.41) is -0.283. The van der Waals surface area contributed by atoms with Gasteiger partial charge in [0.15, 0.2) is 5.03 Å². The number of halogens is 1. The Kier molecular flexibility index (Phi) is 8.38. The highest BCUT2D eigenvalue weighted by molar-refractivity contribution is 7.90. The fourth-order valence-electron chi connectivity index (χ4n) is 3.78. The first kappa shape index (κ1) is 26.5. The molecule has 1 amide bonds. The van der Waals surface area contributed by atoms with Crippen molar-refractivity contribution in [2.45, 2.75) is 44.6 Å². The normalized spacial score (nSPS) is 13.7. The number of hydrogen-bond acceptors (Lipinski definition) is 7. The summed E-state index contributed by atoms with van der Waals surface area (Å²) in [6.07, 6.45) is 5.58. The van der Waals surface area contributed by atoms with Crippen LogP contribution in [0, 0.1) is 17.7 Å². The summed E-state index contributed by atoms with van der Waals surface area (Å²) in [6, 6.07) is 11.6. The maximum absolute atomic E-state index is 14.4. The first-order valence-corrected chi connectivity index (χ1v) is 13.8. The van der Waals surface area contributed by atoms with E-state index in [0.29, 0.717) is 36.1 Å². The largest absolute Gasteiger partial charge is 0.493 e. The molecule has 1 aliphatic rings. The van der Waals surface area contributed by atoms with Crippen molar-refractivity contribution in [2.24, 2.45) is 11.8 Å². The van der Waals surface area contributed by atoms with Crippen molar-refractivity contribution in [2.75, 3.05) is 13.2 Å². The molecule has 0 radical (unpaired) electrons. The Morgan fingerprint density at radius 2 is 1.95 bits per heavy atom. The lowest BCUT2D eigenvalue weighted by atomic mass is 9.83. The summed E-state index contributed by atoms with van der Waals surface area (Å²) in [5.74, 6) is -0.229. The molecule has 1 fully saturated rings. The van der Waals surface area contributed by atoms with Gasteiger partial charge >= 0.3 is 0 Å². The Bertz CT molecular complexity index is 1350. The third-order valence-electron chi connectivity index (χ3n) is 5.99. The van der Waals surface area contributed by atoms with Crippen LogP contribution in [0.2, 0.25) is 0 Å². The van der Waals surface area contributed by atoms with E-state index in [1.807, 2.05) is 18.6 Å². The lowest BCUT2D eigenvalue weighted by Crippen LogP contribution is -2.31. The Hall–Kier alpha value is -3.53. The van der Waals surface area contributed by atoms with E-state index in [-0.39, 0.29) is 22.4 Å². The molecular weight excluding hydrogens is 497 g/mol. The Labute approximate surface area is 216 Å². The molecule has 1 N–H and O–H groups in total. The lowest BCUT2D eigenvalue weighted by molar-refractivity contribution is 0.0975. The zero-order valence-corrected chi connectivity index (χ0v) is 21.6. The van der Waals surface area contributed by atoms with Gasteiger partial charge in [0.2, 0.25) is 5.88 Å². The Morgan fingerprint density at radius 3 is 2.62 bits per heavy atom. The number of nitrogens with one attached hydrogen (secondary N) is 1. The van der Waals surface area contributed by atoms with E-state index in [0.717, 1.165) is 19.3 Å². The fourth-order valence-corrected chi connectivity index (χ4v) is 4.70.